The number of nitrogens with zero attached hydrogens (tertiary/aromatic N) is 1. The van der Waals surface area contributed by atoms with Crippen molar-refractivity contribution in [1.82, 2.24) is 5.43 Å². The summed E-state index contributed by atoms with van der Waals surface area (Å²) in [5.41, 5.74) is 2.79. The molecule has 15 heavy (non-hydrogen) atoms. The van der Waals surface area contributed by atoms with E-state index in [0.29, 0.717) is 5.56 Å². The fourth-order valence-corrected chi connectivity index (χ4v) is 0.997. The average Bonchev–Trinajstić information content (AvgIpc) is 2.17. The van der Waals surface area contributed by atoms with Gasteiger partial charge in [0.2, 0.25) is 5.91 Å². The molecule has 0 bridgehead atoms. The van der Waals surface area contributed by atoms with Crippen LogP contribution in [-0.4, -0.2) is 23.2 Å². The number of nitrogens with one attached hydrogen (secondary N) is 1. The quantitative estimate of drug-likeness (QED) is 0.568. The number of rotatable bonds is 3. The van der Waals surface area contributed by atoms with E-state index in [1.807, 2.05) is 0 Å². The van der Waals surface area contributed by atoms with Gasteiger partial charge >= 0.3 is 5.97 Å². The van der Waals surface area contributed by atoms with E-state index >= 15 is 0 Å². The van der Waals surface area contributed by atoms with Crippen LogP contribution in [0.4, 0.5) is 0 Å². The van der Waals surface area contributed by atoms with Crippen LogP contribution in [0.2, 0.25) is 0 Å². The molecule has 1 rings (SSSR count). The van der Waals surface area contributed by atoms with Crippen LogP contribution in [0.25, 0.3) is 0 Å². The van der Waals surface area contributed by atoms with Gasteiger partial charge in [0.1, 0.15) is 0 Å². The second-order valence-corrected chi connectivity index (χ2v) is 2.82. The zero-order chi connectivity index (χ0) is 11.3. The van der Waals surface area contributed by atoms with Crippen molar-refractivity contribution in [2.45, 2.75) is 6.92 Å². The molecular formula is C10H10N2O3. The van der Waals surface area contributed by atoms with E-state index in [-0.39, 0.29) is 11.5 Å². The summed E-state index contributed by atoms with van der Waals surface area (Å²) in [6.45, 7) is 1.32. The van der Waals surface area contributed by atoms with Gasteiger partial charge in [-0.05, 0) is 6.07 Å². The topological polar surface area (TPSA) is 78.8 Å². The van der Waals surface area contributed by atoms with Gasteiger partial charge in [-0.2, -0.15) is 5.10 Å². The number of carbonyl (C=O) groups is 2. The van der Waals surface area contributed by atoms with Crippen LogP contribution < -0.4 is 5.43 Å². The first-order valence-corrected chi connectivity index (χ1v) is 4.23. The highest BCUT2D eigenvalue weighted by atomic mass is 16.4. The number of amides is 1. The SMILES string of the molecule is CC(=O)NN=Cc1ccccc1C(=O)O. The van der Waals surface area contributed by atoms with Crippen LogP contribution in [0.5, 0.6) is 0 Å². The molecule has 0 saturated carbocycles. The Morgan fingerprint density at radius 3 is 2.67 bits per heavy atom. The summed E-state index contributed by atoms with van der Waals surface area (Å²) in [5, 5.41) is 12.4. The van der Waals surface area contributed by atoms with Gasteiger partial charge in [0, 0.05) is 12.5 Å². The molecule has 0 aliphatic carbocycles. The molecule has 2 N–H and O–H groups in total. The predicted octanol–water partition coefficient (Wildman–Crippen LogP) is 0.855. The van der Waals surface area contributed by atoms with Crippen molar-refractivity contribution in [2.75, 3.05) is 0 Å². The lowest BCUT2D eigenvalue weighted by Gasteiger charge is -1.99. The van der Waals surface area contributed by atoms with Crippen LogP contribution in [-0.2, 0) is 4.79 Å². The van der Waals surface area contributed by atoms with E-state index in [9.17, 15) is 9.59 Å². The lowest BCUT2D eigenvalue weighted by molar-refractivity contribution is -0.118. The van der Waals surface area contributed by atoms with Crippen molar-refractivity contribution in [3.05, 3.63) is 35.4 Å². The fourth-order valence-electron chi connectivity index (χ4n) is 0.997. The molecule has 1 aromatic carbocycles. The van der Waals surface area contributed by atoms with Crippen molar-refractivity contribution in [3.8, 4) is 0 Å². The highest BCUT2D eigenvalue weighted by Gasteiger charge is 2.06. The maximum atomic E-state index is 10.8. The van der Waals surface area contributed by atoms with E-state index in [1.165, 1.54) is 19.2 Å². The zero-order valence-corrected chi connectivity index (χ0v) is 8.10. The standard InChI is InChI=1S/C10H10N2O3/c1-7(13)12-11-6-8-4-2-3-5-9(8)10(14)15/h2-6H,1H3,(H,12,13)(H,14,15). The molecule has 0 spiro atoms. The molecule has 1 amide bonds. The second-order valence-electron chi connectivity index (χ2n) is 2.82. The van der Waals surface area contributed by atoms with Crippen molar-refractivity contribution < 1.29 is 14.7 Å². The van der Waals surface area contributed by atoms with Gasteiger partial charge in [-0.15, -0.1) is 0 Å². The van der Waals surface area contributed by atoms with Crippen LogP contribution in [0.1, 0.15) is 22.8 Å². The maximum Gasteiger partial charge on any atom is 0.336 e. The van der Waals surface area contributed by atoms with E-state index in [1.54, 1.807) is 18.2 Å². The van der Waals surface area contributed by atoms with Crippen LogP contribution in [0.15, 0.2) is 29.4 Å². The first-order chi connectivity index (χ1) is 7.11. The van der Waals surface area contributed by atoms with Crippen LogP contribution in [0.3, 0.4) is 0 Å². The Labute approximate surface area is 86.4 Å². The molecule has 0 unspecified atom stereocenters. The minimum atomic E-state index is -1.03. The molecule has 1 aromatic rings. The largest absolute Gasteiger partial charge is 0.478 e. The number of hydrazone groups is 1. The fraction of sp³-hybridized carbons (Fsp3) is 0.100. The van der Waals surface area contributed by atoms with Crippen molar-refractivity contribution in [2.24, 2.45) is 5.10 Å². The molecule has 0 aliphatic heterocycles. The molecule has 0 atom stereocenters. The number of hydrogen-bond donors (Lipinski definition) is 2. The normalized spacial score (nSPS) is 10.2. The zero-order valence-electron chi connectivity index (χ0n) is 8.10. The first kappa shape index (κ1) is 10.9. The number of aromatic carboxylic acids is 1. The highest BCUT2D eigenvalue weighted by molar-refractivity contribution is 5.98. The molecule has 0 heterocycles. The summed E-state index contributed by atoms with van der Waals surface area (Å²) >= 11 is 0. The Kier molecular flexibility index (Phi) is 3.56. The maximum absolute atomic E-state index is 10.8. The number of carboxylic acids is 1. The third kappa shape index (κ3) is 3.22. The van der Waals surface area contributed by atoms with Crippen LogP contribution in [0, 0.1) is 0 Å². The monoisotopic (exact) mass is 206 g/mol. The molecule has 78 valence electrons. The van der Waals surface area contributed by atoms with E-state index in [0.717, 1.165) is 0 Å². The lowest BCUT2D eigenvalue weighted by atomic mass is 10.1. The van der Waals surface area contributed by atoms with Crippen molar-refractivity contribution in [1.29, 1.82) is 0 Å². The van der Waals surface area contributed by atoms with E-state index < -0.39 is 5.97 Å². The Bertz CT molecular complexity index is 413. The Morgan fingerprint density at radius 1 is 1.40 bits per heavy atom. The summed E-state index contributed by atoms with van der Waals surface area (Å²) in [6.07, 6.45) is 1.30. The Hall–Kier alpha value is -2.17. The van der Waals surface area contributed by atoms with E-state index in [4.69, 9.17) is 5.11 Å². The summed E-state index contributed by atoms with van der Waals surface area (Å²) in [7, 11) is 0. The van der Waals surface area contributed by atoms with Gasteiger partial charge in [0.05, 0.1) is 11.8 Å². The van der Waals surface area contributed by atoms with Gasteiger partial charge in [-0.1, -0.05) is 18.2 Å². The third-order valence-electron chi connectivity index (χ3n) is 1.62. The van der Waals surface area contributed by atoms with E-state index in [2.05, 4.69) is 10.5 Å². The molecule has 0 saturated heterocycles. The Balaban J connectivity index is 2.89. The van der Waals surface area contributed by atoms with Gasteiger partial charge < -0.3 is 5.11 Å². The summed E-state index contributed by atoms with van der Waals surface area (Å²) in [6, 6.07) is 6.40. The molecular weight excluding hydrogens is 196 g/mol. The number of hydrogen-bond acceptors (Lipinski definition) is 3. The molecule has 5 heteroatoms. The number of carbonyl (C=O) groups excluding carboxylic acids is 1. The van der Waals surface area contributed by atoms with Gasteiger partial charge in [-0.25, -0.2) is 10.2 Å². The second kappa shape index (κ2) is 4.90. The van der Waals surface area contributed by atoms with Crippen LogP contribution >= 0.6 is 0 Å². The molecule has 0 radical (unpaired) electrons. The van der Waals surface area contributed by atoms with Gasteiger partial charge in [0.25, 0.3) is 0 Å². The summed E-state index contributed by atoms with van der Waals surface area (Å²) in [5.74, 6) is -1.33. The Morgan fingerprint density at radius 2 is 2.07 bits per heavy atom. The average molecular weight is 206 g/mol. The smallest absolute Gasteiger partial charge is 0.336 e. The lowest BCUT2D eigenvalue weighted by Crippen LogP contribution is -2.12. The molecule has 0 fully saturated rings. The summed E-state index contributed by atoms with van der Waals surface area (Å²) in [4.78, 5) is 21.3. The predicted molar refractivity (Wildman–Crippen MR) is 54.8 cm³/mol. The van der Waals surface area contributed by atoms with Gasteiger partial charge in [0.15, 0.2) is 0 Å². The summed E-state index contributed by atoms with van der Waals surface area (Å²) < 4.78 is 0. The minimum absolute atomic E-state index is 0.145. The minimum Gasteiger partial charge on any atom is -0.478 e. The molecule has 5 nitrogen and oxygen atoms in total. The molecule has 0 aromatic heterocycles. The van der Waals surface area contributed by atoms with Crippen molar-refractivity contribution >= 4 is 18.1 Å². The first-order valence-electron chi connectivity index (χ1n) is 4.23. The number of benzene rings is 1. The highest BCUT2D eigenvalue weighted by Crippen LogP contribution is 2.05. The van der Waals surface area contributed by atoms with Gasteiger partial charge in [-0.3, -0.25) is 4.79 Å². The molecule has 0 aliphatic rings. The van der Waals surface area contributed by atoms with Crippen molar-refractivity contribution in [3.63, 3.8) is 0 Å². The third-order valence-corrected chi connectivity index (χ3v) is 1.62. The number of carboxylic acid groups (broad SMARTS) is 1.